The van der Waals surface area contributed by atoms with Crippen molar-refractivity contribution in [2.45, 2.75) is 121 Å². The van der Waals surface area contributed by atoms with E-state index in [1.54, 1.807) is 13.1 Å². The Hall–Kier alpha value is -4.40. The van der Waals surface area contributed by atoms with Crippen LogP contribution in [0.15, 0.2) is 42.6 Å². The molecule has 2 aliphatic heterocycles. The van der Waals surface area contributed by atoms with Gasteiger partial charge in [-0.3, -0.25) is 24.0 Å². The molecule has 0 bridgehead atoms. The molecule has 56 heavy (non-hydrogen) atoms. The Kier molecular flexibility index (Phi) is 10.5. The number of pyridine rings is 1. The van der Waals surface area contributed by atoms with E-state index < -0.39 is 68.2 Å². The molecule has 0 radical (unpaired) electrons. The number of rotatable bonds is 10. The predicted molar refractivity (Wildman–Crippen MR) is 208 cm³/mol. The van der Waals surface area contributed by atoms with Gasteiger partial charge in [-0.15, -0.1) is 0 Å². The summed E-state index contributed by atoms with van der Waals surface area (Å²) in [6.07, 6.45) is 8.31. The van der Waals surface area contributed by atoms with Crippen LogP contribution in [0.1, 0.15) is 92.4 Å². The molecule has 0 unspecified atom stereocenters. The van der Waals surface area contributed by atoms with Gasteiger partial charge in [0.2, 0.25) is 27.7 Å². The summed E-state index contributed by atoms with van der Waals surface area (Å²) in [4.78, 5) is 63.9. The zero-order valence-corrected chi connectivity index (χ0v) is 33.8. The number of nitrogens with one attached hydrogen (secondary N) is 2. The third-order valence-corrected chi connectivity index (χ3v) is 14.9. The van der Waals surface area contributed by atoms with E-state index in [2.05, 4.69) is 21.9 Å². The highest BCUT2D eigenvalue weighted by Crippen LogP contribution is 2.48. The smallest absolute Gasteiger partial charge is 0.408 e. The second-order valence-corrected chi connectivity index (χ2v) is 19.8. The van der Waals surface area contributed by atoms with Crippen LogP contribution in [0.4, 0.5) is 4.79 Å². The molecular formula is C41H55N5O9S. The monoisotopic (exact) mass is 793 g/mol. The molecular weight excluding hydrogens is 739 g/mol. The van der Waals surface area contributed by atoms with Crippen molar-refractivity contribution in [2.75, 3.05) is 19.7 Å². The predicted octanol–water partition coefficient (Wildman–Crippen LogP) is 5.02. The van der Waals surface area contributed by atoms with Gasteiger partial charge in [0.1, 0.15) is 29.5 Å². The number of carboxylic acid groups (broad SMARTS) is 1. The zero-order valence-electron chi connectivity index (χ0n) is 33.0. The van der Waals surface area contributed by atoms with E-state index in [0.29, 0.717) is 49.3 Å². The average Bonchev–Trinajstić information content (AvgIpc) is 4.10. The van der Waals surface area contributed by atoms with E-state index in [1.165, 1.54) is 9.80 Å². The van der Waals surface area contributed by atoms with Crippen LogP contribution < -0.4 is 19.5 Å². The number of hydrogen-bond donors (Lipinski definition) is 3. The number of allylic oxidation sites excluding steroid dienone is 1. The highest BCUT2D eigenvalue weighted by molar-refractivity contribution is 7.91. The van der Waals surface area contributed by atoms with Gasteiger partial charge in [-0.25, -0.2) is 18.2 Å². The highest BCUT2D eigenvalue weighted by atomic mass is 32.2. The van der Waals surface area contributed by atoms with Crippen molar-refractivity contribution in [1.29, 1.82) is 0 Å². The molecule has 14 nitrogen and oxygen atoms in total. The average molecular weight is 794 g/mol. The molecule has 5 aliphatic rings. The number of ether oxygens (including phenoxy) is 2. The summed E-state index contributed by atoms with van der Waals surface area (Å²) in [5.41, 5.74) is -1.78. The van der Waals surface area contributed by atoms with Crippen molar-refractivity contribution in [3.63, 3.8) is 0 Å². The number of fused-ring (bicyclic) bond motifs is 3. The van der Waals surface area contributed by atoms with Crippen LogP contribution in [0, 0.1) is 23.2 Å². The molecule has 3 heterocycles. The first-order valence-corrected chi connectivity index (χ1v) is 21.5. The first kappa shape index (κ1) is 39.8. The summed E-state index contributed by atoms with van der Waals surface area (Å²) >= 11 is 0. The molecule has 304 valence electrons. The lowest BCUT2D eigenvalue weighted by molar-refractivity contribution is -0.144. The zero-order chi connectivity index (χ0) is 40.2. The fourth-order valence-electron chi connectivity index (χ4n) is 8.52. The Bertz CT molecular complexity index is 2030. The van der Waals surface area contributed by atoms with Crippen LogP contribution >= 0.6 is 0 Å². The number of nitrogens with zero attached hydrogens (tertiary/aromatic N) is 3. The number of sulfonamides is 1. The Labute approximate surface area is 328 Å². The fourth-order valence-corrected chi connectivity index (χ4v) is 9.83. The maximum atomic E-state index is 15.1. The van der Waals surface area contributed by atoms with Crippen molar-refractivity contribution in [1.82, 2.24) is 24.8 Å². The van der Waals surface area contributed by atoms with Crippen molar-refractivity contribution in [2.24, 2.45) is 23.2 Å². The number of carbonyl (C=O) groups is 4. The Balaban J connectivity index is 1.24. The molecule has 7 rings (SSSR count). The molecule has 4 fully saturated rings. The van der Waals surface area contributed by atoms with Crippen LogP contribution in [0.3, 0.4) is 0 Å². The molecule has 15 heteroatoms. The van der Waals surface area contributed by atoms with Gasteiger partial charge in [0.25, 0.3) is 5.91 Å². The molecule has 1 saturated heterocycles. The largest absolute Gasteiger partial charge is 0.494 e. The lowest BCUT2D eigenvalue weighted by atomic mass is 9.86. The summed E-state index contributed by atoms with van der Waals surface area (Å²) in [6.45, 7) is 10.1. The van der Waals surface area contributed by atoms with Crippen molar-refractivity contribution in [3.8, 4) is 11.6 Å². The minimum atomic E-state index is -4.01. The Morgan fingerprint density at radius 2 is 1.86 bits per heavy atom. The van der Waals surface area contributed by atoms with Gasteiger partial charge >= 0.3 is 6.09 Å². The lowest BCUT2D eigenvalue weighted by Gasteiger charge is -2.38. The Morgan fingerprint density at radius 3 is 2.54 bits per heavy atom. The van der Waals surface area contributed by atoms with E-state index in [9.17, 15) is 27.9 Å². The van der Waals surface area contributed by atoms with Gasteiger partial charge < -0.3 is 24.8 Å². The first-order valence-electron chi connectivity index (χ1n) is 20.0. The summed E-state index contributed by atoms with van der Waals surface area (Å²) < 4.78 is 39.9. The SMILES string of the molecule is CCOc1ccc2c(O[C@@H]3C[C@H]4C(=O)N[C@]5(C(=O)NS(=O)(=O)C6(C)CC6)C[C@H]5C=CCC[C@H](C)C[C@@H](C)[C@H](N(CC5(C)CC5)C(=O)O)C(=O)N4C3)nccc2c1. The van der Waals surface area contributed by atoms with Crippen molar-refractivity contribution in [3.05, 3.63) is 42.6 Å². The second-order valence-electron chi connectivity index (χ2n) is 17.6. The summed E-state index contributed by atoms with van der Waals surface area (Å²) in [5.74, 6) is -1.66. The minimum Gasteiger partial charge on any atom is -0.494 e. The minimum absolute atomic E-state index is 0.0313. The molecule has 3 aliphatic carbocycles. The molecule has 7 atom stereocenters. The fraction of sp³-hybridized carbons (Fsp3) is 0.634. The lowest BCUT2D eigenvalue weighted by Crippen LogP contribution is -2.60. The molecule has 1 aromatic heterocycles. The van der Waals surface area contributed by atoms with Crippen LogP contribution in [-0.2, 0) is 24.4 Å². The molecule has 1 aromatic carbocycles. The molecule has 4 amide bonds. The maximum absolute atomic E-state index is 15.1. The third-order valence-electron chi connectivity index (χ3n) is 12.7. The van der Waals surface area contributed by atoms with E-state index >= 15 is 4.79 Å². The van der Waals surface area contributed by atoms with Gasteiger partial charge in [-0.2, -0.15) is 0 Å². The molecule has 0 spiro atoms. The summed E-state index contributed by atoms with van der Waals surface area (Å²) in [6, 6.07) is 5.15. The van der Waals surface area contributed by atoms with Gasteiger partial charge in [0, 0.05) is 30.5 Å². The summed E-state index contributed by atoms with van der Waals surface area (Å²) in [7, 11) is -4.01. The molecule has 3 N–H and O–H groups in total. The topological polar surface area (TPSA) is 185 Å². The van der Waals surface area contributed by atoms with Crippen LogP contribution in [0.5, 0.6) is 11.6 Å². The van der Waals surface area contributed by atoms with Crippen LogP contribution in [0.2, 0.25) is 0 Å². The highest BCUT2D eigenvalue weighted by Gasteiger charge is 2.63. The standard InChI is InChI=1S/C41H55N5O9S/c1-6-54-29-11-12-31-27(20-29)13-18-42-35(31)55-30-21-32-34(47)43-41(37(49)44-56(52,53)40(5)16-17-40)22-28(41)10-8-7-9-25(2)19-26(3)33(36(48)45(32)23-30)46(38(50)51)24-39(4)14-15-39/h8,10-13,18,20,25-26,28,30,32-33H,6-7,9,14-17,19,21-24H2,1-5H3,(H,43,47)(H,44,49)(H,50,51)/t25-,26+,28+,30+,32-,33-,41+/m0/s1. The van der Waals surface area contributed by atoms with Crippen LogP contribution in [-0.4, -0.2) is 100 Å². The van der Waals surface area contributed by atoms with Gasteiger partial charge in [-0.05, 0) is 112 Å². The van der Waals surface area contributed by atoms with Crippen molar-refractivity contribution >= 4 is 44.6 Å². The quantitative estimate of drug-likeness (QED) is 0.276. The van der Waals surface area contributed by atoms with Gasteiger partial charge in [-0.1, -0.05) is 32.9 Å². The van der Waals surface area contributed by atoms with Gasteiger partial charge in [0.15, 0.2) is 0 Å². The van der Waals surface area contributed by atoms with E-state index in [4.69, 9.17) is 9.47 Å². The number of aromatic nitrogens is 1. The number of benzene rings is 1. The van der Waals surface area contributed by atoms with Crippen LogP contribution in [0.25, 0.3) is 10.8 Å². The van der Waals surface area contributed by atoms with Crippen molar-refractivity contribution < 1.29 is 42.2 Å². The molecule has 2 aromatic rings. The third kappa shape index (κ3) is 7.92. The normalized spacial score (nSPS) is 30.8. The maximum Gasteiger partial charge on any atom is 0.408 e. The van der Waals surface area contributed by atoms with E-state index in [0.717, 1.165) is 24.6 Å². The van der Waals surface area contributed by atoms with Gasteiger partial charge in [0.05, 0.1) is 17.9 Å². The summed E-state index contributed by atoms with van der Waals surface area (Å²) in [5, 5.41) is 15.1. The number of amides is 4. The Morgan fingerprint density at radius 1 is 1.11 bits per heavy atom. The second kappa shape index (κ2) is 14.8. The van der Waals surface area contributed by atoms with E-state index in [-0.39, 0.29) is 43.2 Å². The number of carbonyl (C=O) groups excluding carboxylic acids is 3. The first-order chi connectivity index (χ1) is 26.5. The number of hydrogen-bond acceptors (Lipinski definition) is 9. The molecule has 3 saturated carbocycles. The van der Waals surface area contributed by atoms with E-state index in [1.807, 2.05) is 57.2 Å².